The van der Waals surface area contributed by atoms with E-state index < -0.39 is 5.54 Å². The summed E-state index contributed by atoms with van der Waals surface area (Å²) in [5, 5.41) is 2.88. The summed E-state index contributed by atoms with van der Waals surface area (Å²) < 4.78 is 0. The van der Waals surface area contributed by atoms with Gasteiger partial charge in [-0.15, -0.1) is 0 Å². The highest BCUT2D eigenvalue weighted by Gasteiger charge is 2.45. The van der Waals surface area contributed by atoms with Gasteiger partial charge in [-0.1, -0.05) is 17.7 Å². The summed E-state index contributed by atoms with van der Waals surface area (Å²) in [6.45, 7) is 4.02. The molecule has 1 aliphatic rings. The standard InChI is InChI=1S/C12H16N2O/c1-8-3-4-10(9(2)7-8)14-11(15)12(13)5-6-12/h3-4,7H,5-6,13H2,1-2H3,(H,14,15). The smallest absolute Gasteiger partial charge is 0.244 e. The van der Waals surface area contributed by atoms with Gasteiger partial charge >= 0.3 is 0 Å². The highest BCUT2D eigenvalue weighted by Crippen LogP contribution is 2.33. The maximum Gasteiger partial charge on any atom is 0.244 e. The fraction of sp³-hybridized carbons (Fsp3) is 0.417. The molecule has 3 N–H and O–H groups in total. The van der Waals surface area contributed by atoms with Crippen LogP contribution >= 0.6 is 0 Å². The van der Waals surface area contributed by atoms with Gasteiger partial charge in [0.25, 0.3) is 0 Å². The molecule has 0 saturated heterocycles. The van der Waals surface area contributed by atoms with E-state index in [1.807, 2.05) is 32.0 Å². The number of hydrogen-bond donors (Lipinski definition) is 2. The molecule has 1 amide bonds. The summed E-state index contributed by atoms with van der Waals surface area (Å²) in [5.74, 6) is -0.0607. The van der Waals surface area contributed by atoms with E-state index in [0.29, 0.717) is 0 Å². The molecule has 1 saturated carbocycles. The van der Waals surface area contributed by atoms with Crippen molar-refractivity contribution in [3.8, 4) is 0 Å². The first-order chi connectivity index (χ1) is 7.01. The number of amides is 1. The highest BCUT2D eigenvalue weighted by atomic mass is 16.2. The van der Waals surface area contributed by atoms with Crippen molar-refractivity contribution in [2.45, 2.75) is 32.2 Å². The van der Waals surface area contributed by atoms with Crippen LogP contribution in [-0.4, -0.2) is 11.4 Å². The average Bonchev–Trinajstić information content (AvgIpc) is 2.90. The predicted molar refractivity (Wildman–Crippen MR) is 60.7 cm³/mol. The fourth-order valence-electron chi connectivity index (χ4n) is 1.56. The first-order valence-corrected chi connectivity index (χ1v) is 5.19. The zero-order chi connectivity index (χ0) is 11.1. The summed E-state index contributed by atoms with van der Waals surface area (Å²) >= 11 is 0. The molecule has 1 aromatic carbocycles. The Bertz CT molecular complexity index is 408. The van der Waals surface area contributed by atoms with Gasteiger partial charge in [0, 0.05) is 5.69 Å². The zero-order valence-electron chi connectivity index (χ0n) is 9.13. The molecule has 0 aromatic heterocycles. The van der Waals surface area contributed by atoms with Crippen LogP contribution in [0.2, 0.25) is 0 Å². The summed E-state index contributed by atoms with van der Waals surface area (Å²) in [6, 6.07) is 5.96. The van der Waals surface area contributed by atoms with Crippen molar-refractivity contribution in [2.24, 2.45) is 5.73 Å². The lowest BCUT2D eigenvalue weighted by Crippen LogP contribution is -2.37. The van der Waals surface area contributed by atoms with Gasteiger partial charge in [-0.2, -0.15) is 0 Å². The molecule has 3 heteroatoms. The molecular weight excluding hydrogens is 188 g/mol. The lowest BCUT2D eigenvalue weighted by Gasteiger charge is -2.12. The van der Waals surface area contributed by atoms with Crippen molar-refractivity contribution in [3.05, 3.63) is 29.3 Å². The van der Waals surface area contributed by atoms with E-state index in [-0.39, 0.29) is 5.91 Å². The van der Waals surface area contributed by atoms with Crippen LogP contribution in [-0.2, 0) is 4.79 Å². The van der Waals surface area contributed by atoms with Crippen molar-refractivity contribution in [3.63, 3.8) is 0 Å². The molecule has 1 aromatic rings. The first-order valence-electron chi connectivity index (χ1n) is 5.19. The van der Waals surface area contributed by atoms with Gasteiger partial charge in [-0.05, 0) is 38.3 Å². The minimum Gasteiger partial charge on any atom is -0.324 e. The Morgan fingerprint density at radius 1 is 1.40 bits per heavy atom. The van der Waals surface area contributed by atoms with Crippen molar-refractivity contribution >= 4 is 11.6 Å². The van der Waals surface area contributed by atoms with Crippen LogP contribution in [0.5, 0.6) is 0 Å². The number of hydrogen-bond acceptors (Lipinski definition) is 2. The molecule has 0 unspecified atom stereocenters. The third kappa shape index (κ3) is 2.02. The number of anilines is 1. The second-order valence-electron chi connectivity index (χ2n) is 4.43. The minimum atomic E-state index is -0.600. The zero-order valence-corrected chi connectivity index (χ0v) is 9.13. The Hall–Kier alpha value is -1.35. The molecule has 1 aliphatic carbocycles. The SMILES string of the molecule is Cc1ccc(NC(=O)C2(N)CC2)c(C)c1. The van der Waals surface area contributed by atoms with Crippen LogP contribution in [0.1, 0.15) is 24.0 Å². The van der Waals surface area contributed by atoms with Gasteiger partial charge in [0.2, 0.25) is 5.91 Å². The van der Waals surface area contributed by atoms with E-state index in [2.05, 4.69) is 5.32 Å². The molecule has 2 rings (SSSR count). The Balaban J connectivity index is 2.14. The van der Waals surface area contributed by atoms with Gasteiger partial charge < -0.3 is 11.1 Å². The van der Waals surface area contributed by atoms with Gasteiger partial charge in [0.1, 0.15) is 0 Å². The number of benzene rings is 1. The maximum absolute atomic E-state index is 11.7. The third-order valence-corrected chi connectivity index (χ3v) is 2.87. The van der Waals surface area contributed by atoms with Crippen LogP contribution in [0.25, 0.3) is 0 Å². The molecule has 3 nitrogen and oxygen atoms in total. The lowest BCUT2D eigenvalue weighted by molar-refractivity contribution is -0.118. The average molecular weight is 204 g/mol. The molecule has 15 heavy (non-hydrogen) atoms. The number of carbonyl (C=O) groups excluding carboxylic acids is 1. The number of nitrogens with one attached hydrogen (secondary N) is 1. The van der Waals surface area contributed by atoms with Crippen LogP contribution in [0.3, 0.4) is 0 Å². The van der Waals surface area contributed by atoms with E-state index in [4.69, 9.17) is 5.73 Å². The first kappa shape index (κ1) is 10.2. The Morgan fingerprint density at radius 3 is 2.60 bits per heavy atom. The van der Waals surface area contributed by atoms with Crippen LogP contribution in [0.4, 0.5) is 5.69 Å². The monoisotopic (exact) mass is 204 g/mol. The van der Waals surface area contributed by atoms with Gasteiger partial charge in [0.05, 0.1) is 5.54 Å². The van der Waals surface area contributed by atoms with Crippen molar-refractivity contribution in [2.75, 3.05) is 5.32 Å². The normalized spacial score (nSPS) is 17.3. The Morgan fingerprint density at radius 2 is 2.07 bits per heavy atom. The molecule has 0 heterocycles. The topological polar surface area (TPSA) is 55.1 Å². The summed E-state index contributed by atoms with van der Waals surface area (Å²) in [4.78, 5) is 11.7. The van der Waals surface area contributed by atoms with Crippen LogP contribution in [0, 0.1) is 13.8 Å². The molecular formula is C12H16N2O. The Kier molecular flexibility index (Phi) is 2.27. The molecule has 0 atom stereocenters. The van der Waals surface area contributed by atoms with E-state index in [1.165, 1.54) is 5.56 Å². The Labute approximate surface area is 89.7 Å². The largest absolute Gasteiger partial charge is 0.324 e. The molecule has 80 valence electrons. The van der Waals surface area contributed by atoms with Crippen LogP contribution < -0.4 is 11.1 Å². The molecule has 0 aliphatic heterocycles. The molecule has 0 spiro atoms. The van der Waals surface area contributed by atoms with Crippen molar-refractivity contribution in [1.82, 2.24) is 0 Å². The second-order valence-corrected chi connectivity index (χ2v) is 4.43. The van der Waals surface area contributed by atoms with Gasteiger partial charge in [-0.3, -0.25) is 4.79 Å². The highest BCUT2D eigenvalue weighted by molar-refractivity contribution is 6.00. The third-order valence-electron chi connectivity index (χ3n) is 2.87. The number of aryl methyl sites for hydroxylation is 2. The minimum absolute atomic E-state index is 0.0607. The van der Waals surface area contributed by atoms with E-state index >= 15 is 0 Å². The second kappa shape index (κ2) is 3.35. The van der Waals surface area contributed by atoms with Crippen molar-refractivity contribution < 1.29 is 4.79 Å². The quantitative estimate of drug-likeness (QED) is 0.770. The summed E-state index contributed by atoms with van der Waals surface area (Å²) in [7, 11) is 0. The summed E-state index contributed by atoms with van der Waals surface area (Å²) in [6.07, 6.45) is 1.59. The lowest BCUT2D eigenvalue weighted by atomic mass is 10.1. The number of carbonyl (C=O) groups is 1. The molecule has 0 radical (unpaired) electrons. The molecule has 0 bridgehead atoms. The van der Waals surface area contributed by atoms with Gasteiger partial charge in [0.15, 0.2) is 0 Å². The maximum atomic E-state index is 11.7. The fourth-order valence-corrected chi connectivity index (χ4v) is 1.56. The van der Waals surface area contributed by atoms with E-state index in [1.54, 1.807) is 0 Å². The van der Waals surface area contributed by atoms with Gasteiger partial charge in [-0.25, -0.2) is 0 Å². The van der Waals surface area contributed by atoms with E-state index in [0.717, 1.165) is 24.1 Å². The summed E-state index contributed by atoms with van der Waals surface area (Å²) in [5.41, 5.74) is 8.34. The number of rotatable bonds is 2. The predicted octanol–water partition coefficient (Wildman–Crippen LogP) is 1.73. The number of nitrogens with two attached hydrogens (primary N) is 1. The van der Waals surface area contributed by atoms with E-state index in [9.17, 15) is 4.79 Å². The van der Waals surface area contributed by atoms with Crippen LogP contribution in [0.15, 0.2) is 18.2 Å². The van der Waals surface area contributed by atoms with Crippen molar-refractivity contribution in [1.29, 1.82) is 0 Å². The molecule has 1 fully saturated rings.